The SMILES string of the molecule is O=S(=O)(c1ccc(Sc2nnc(NC3CC3)s2)nc1)N1CCOCC1. The molecule has 25 heavy (non-hydrogen) atoms. The fourth-order valence-corrected chi connectivity index (χ4v) is 5.39. The number of ether oxygens (including phenoxy) is 1. The van der Waals surface area contributed by atoms with E-state index < -0.39 is 10.0 Å². The third kappa shape index (κ3) is 4.11. The van der Waals surface area contributed by atoms with Crippen LogP contribution < -0.4 is 5.32 Å². The molecule has 0 amide bonds. The van der Waals surface area contributed by atoms with E-state index in [-0.39, 0.29) is 4.90 Å². The van der Waals surface area contributed by atoms with Crippen LogP contribution in [0, 0.1) is 0 Å². The van der Waals surface area contributed by atoms with Crippen LogP contribution in [0.3, 0.4) is 0 Å². The van der Waals surface area contributed by atoms with Crippen LogP contribution in [0.4, 0.5) is 5.13 Å². The largest absolute Gasteiger partial charge is 0.379 e. The van der Waals surface area contributed by atoms with Gasteiger partial charge in [-0.3, -0.25) is 0 Å². The Balaban J connectivity index is 1.43. The van der Waals surface area contributed by atoms with Gasteiger partial charge in [0.1, 0.15) is 9.92 Å². The molecule has 0 unspecified atom stereocenters. The summed E-state index contributed by atoms with van der Waals surface area (Å²) in [6.45, 7) is 1.60. The molecule has 0 spiro atoms. The van der Waals surface area contributed by atoms with Crippen LogP contribution in [0.15, 0.2) is 32.6 Å². The molecule has 1 aliphatic carbocycles. The summed E-state index contributed by atoms with van der Waals surface area (Å²) in [4.78, 5) is 4.46. The van der Waals surface area contributed by atoms with Crippen molar-refractivity contribution in [2.24, 2.45) is 0 Å². The zero-order valence-electron chi connectivity index (χ0n) is 13.3. The number of hydrogen-bond donors (Lipinski definition) is 1. The van der Waals surface area contributed by atoms with Crippen molar-refractivity contribution in [3.63, 3.8) is 0 Å². The Labute approximate surface area is 154 Å². The highest BCUT2D eigenvalue weighted by Crippen LogP contribution is 2.33. The molecule has 0 radical (unpaired) electrons. The lowest BCUT2D eigenvalue weighted by molar-refractivity contribution is 0.0730. The van der Waals surface area contributed by atoms with E-state index in [1.165, 1.54) is 46.4 Å². The molecule has 0 bridgehead atoms. The minimum Gasteiger partial charge on any atom is -0.379 e. The third-order valence-electron chi connectivity index (χ3n) is 3.82. The Morgan fingerprint density at radius 2 is 2.04 bits per heavy atom. The standard InChI is InChI=1S/C14H17N5O3S3/c20-25(21,19-5-7-22-8-6-19)11-3-4-12(15-9-11)23-14-18-17-13(24-14)16-10-1-2-10/h3-4,9-10H,1-2,5-8H2,(H,16,17). The van der Waals surface area contributed by atoms with Gasteiger partial charge in [0.2, 0.25) is 15.2 Å². The molecule has 1 saturated heterocycles. The van der Waals surface area contributed by atoms with Gasteiger partial charge in [0, 0.05) is 25.3 Å². The number of sulfonamides is 1. The molecule has 2 aromatic heterocycles. The van der Waals surface area contributed by atoms with Gasteiger partial charge in [-0.05, 0) is 36.7 Å². The fourth-order valence-electron chi connectivity index (χ4n) is 2.32. The summed E-state index contributed by atoms with van der Waals surface area (Å²) in [6.07, 6.45) is 3.77. The summed E-state index contributed by atoms with van der Waals surface area (Å²) >= 11 is 2.85. The van der Waals surface area contributed by atoms with E-state index in [9.17, 15) is 8.42 Å². The van der Waals surface area contributed by atoms with Gasteiger partial charge in [-0.25, -0.2) is 13.4 Å². The number of nitrogens with zero attached hydrogens (tertiary/aromatic N) is 4. The van der Waals surface area contributed by atoms with Crippen molar-refractivity contribution >= 4 is 38.3 Å². The van der Waals surface area contributed by atoms with Crippen LogP contribution in [0.5, 0.6) is 0 Å². The topological polar surface area (TPSA) is 97.3 Å². The summed E-state index contributed by atoms with van der Waals surface area (Å²) in [7, 11) is -3.51. The number of morpholine rings is 1. The molecule has 11 heteroatoms. The molecular formula is C14H17N5O3S3. The molecule has 0 atom stereocenters. The molecule has 1 N–H and O–H groups in total. The quantitative estimate of drug-likeness (QED) is 0.784. The minimum absolute atomic E-state index is 0.201. The summed E-state index contributed by atoms with van der Waals surface area (Å²) in [5.41, 5.74) is 0. The molecule has 2 fully saturated rings. The zero-order valence-corrected chi connectivity index (χ0v) is 15.7. The molecule has 0 aromatic carbocycles. The molecule has 2 aliphatic rings. The molecule has 1 saturated carbocycles. The molecule has 2 aromatic rings. The smallest absolute Gasteiger partial charge is 0.244 e. The molecule has 3 heterocycles. The molecular weight excluding hydrogens is 382 g/mol. The maximum absolute atomic E-state index is 12.6. The second-order valence-electron chi connectivity index (χ2n) is 5.74. The van der Waals surface area contributed by atoms with Crippen molar-refractivity contribution < 1.29 is 13.2 Å². The molecule has 1 aliphatic heterocycles. The van der Waals surface area contributed by atoms with Gasteiger partial charge in [0.15, 0.2) is 4.34 Å². The van der Waals surface area contributed by atoms with Crippen LogP contribution in [-0.2, 0) is 14.8 Å². The molecule has 4 rings (SSSR count). The number of nitrogens with one attached hydrogen (secondary N) is 1. The zero-order chi connectivity index (χ0) is 17.3. The van der Waals surface area contributed by atoms with Gasteiger partial charge in [0.05, 0.1) is 13.2 Å². The van der Waals surface area contributed by atoms with E-state index >= 15 is 0 Å². The highest BCUT2D eigenvalue weighted by molar-refractivity contribution is 8.01. The highest BCUT2D eigenvalue weighted by Gasteiger charge is 2.26. The molecule has 134 valence electrons. The van der Waals surface area contributed by atoms with E-state index in [0.717, 1.165) is 9.47 Å². The van der Waals surface area contributed by atoms with Crippen LogP contribution in [0.1, 0.15) is 12.8 Å². The normalized spacial score (nSPS) is 19.0. The van der Waals surface area contributed by atoms with Crippen molar-refractivity contribution in [2.75, 3.05) is 31.6 Å². The van der Waals surface area contributed by atoms with E-state index in [1.54, 1.807) is 12.1 Å². The van der Waals surface area contributed by atoms with Crippen LogP contribution in [0.25, 0.3) is 0 Å². The lowest BCUT2D eigenvalue weighted by atomic mass is 10.5. The lowest BCUT2D eigenvalue weighted by Gasteiger charge is -2.25. The Bertz CT molecular complexity index is 830. The average Bonchev–Trinajstić information content (AvgIpc) is 3.34. The third-order valence-corrected chi connectivity index (χ3v) is 7.56. The maximum atomic E-state index is 12.6. The predicted octanol–water partition coefficient (Wildman–Crippen LogP) is 1.68. The van der Waals surface area contributed by atoms with Crippen molar-refractivity contribution in [1.29, 1.82) is 0 Å². The van der Waals surface area contributed by atoms with Gasteiger partial charge in [0.25, 0.3) is 0 Å². The summed E-state index contributed by atoms with van der Waals surface area (Å²) < 4.78 is 32.5. The second kappa shape index (κ2) is 7.16. The van der Waals surface area contributed by atoms with Gasteiger partial charge in [-0.15, -0.1) is 10.2 Å². The maximum Gasteiger partial charge on any atom is 0.244 e. The van der Waals surface area contributed by atoms with Crippen LogP contribution in [0.2, 0.25) is 0 Å². The number of hydrogen-bond acceptors (Lipinski definition) is 9. The first kappa shape index (κ1) is 17.2. The first-order valence-corrected chi connectivity index (χ1v) is 11.0. The van der Waals surface area contributed by atoms with E-state index in [0.29, 0.717) is 37.4 Å². The number of aromatic nitrogens is 3. The average molecular weight is 400 g/mol. The first-order valence-electron chi connectivity index (χ1n) is 7.93. The summed E-state index contributed by atoms with van der Waals surface area (Å²) in [5.74, 6) is 0. The van der Waals surface area contributed by atoms with E-state index in [1.807, 2.05) is 0 Å². The van der Waals surface area contributed by atoms with Gasteiger partial charge in [-0.1, -0.05) is 11.3 Å². The van der Waals surface area contributed by atoms with Crippen molar-refractivity contribution in [3.8, 4) is 0 Å². The van der Waals surface area contributed by atoms with Gasteiger partial charge in [-0.2, -0.15) is 4.31 Å². The van der Waals surface area contributed by atoms with E-state index in [4.69, 9.17) is 4.74 Å². The van der Waals surface area contributed by atoms with Gasteiger partial charge >= 0.3 is 0 Å². The monoisotopic (exact) mass is 399 g/mol. The van der Waals surface area contributed by atoms with Gasteiger partial charge < -0.3 is 10.1 Å². The number of pyridine rings is 1. The Hall–Kier alpha value is -1.27. The van der Waals surface area contributed by atoms with Crippen molar-refractivity contribution in [3.05, 3.63) is 18.3 Å². The lowest BCUT2D eigenvalue weighted by Crippen LogP contribution is -2.40. The highest BCUT2D eigenvalue weighted by atomic mass is 32.2. The molecule has 8 nitrogen and oxygen atoms in total. The fraction of sp³-hybridized carbons (Fsp3) is 0.500. The van der Waals surface area contributed by atoms with Crippen LogP contribution in [-0.4, -0.2) is 60.2 Å². The second-order valence-corrected chi connectivity index (χ2v) is 9.93. The van der Waals surface area contributed by atoms with Crippen LogP contribution >= 0.6 is 23.1 Å². The minimum atomic E-state index is -3.51. The van der Waals surface area contributed by atoms with E-state index in [2.05, 4.69) is 20.5 Å². The summed E-state index contributed by atoms with van der Waals surface area (Å²) in [6, 6.07) is 3.83. The summed E-state index contributed by atoms with van der Waals surface area (Å²) in [5, 5.41) is 13.0. The predicted molar refractivity (Wildman–Crippen MR) is 94.5 cm³/mol. The Morgan fingerprint density at radius 3 is 2.72 bits per heavy atom. The van der Waals surface area contributed by atoms with Crippen molar-refractivity contribution in [2.45, 2.75) is 33.1 Å². The van der Waals surface area contributed by atoms with Crippen molar-refractivity contribution in [1.82, 2.24) is 19.5 Å². The Morgan fingerprint density at radius 1 is 1.24 bits per heavy atom. The Kier molecular flexibility index (Phi) is 4.91. The number of rotatable bonds is 6. The first-order chi connectivity index (χ1) is 12.1. The number of anilines is 1.